The van der Waals surface area contributed by atoms with Gasteiger partial charge in [0, 0.05) is 24.5 Å². The average Bonchev–Trinajstić information content (AvgIpc) is 3.30. The normalized spacial score (nSPS) is 17.0. The molecule has 0 aliphatic carbocycles. The number of hydrogen-bond donors (Lipinski definition) is 1. The Morgan fingerprint density at radius 1 is 1.17 bits per heavy atom. The zero-order chi connectivity index (χ0) is 21.3. The van der Waals surface area contributed by atoms with E-state index < -0.39 is 5.91 Å². The number of hydrogen-bond acceptors (Lipinski definition) is 4. The van der Waals surface area contributed by atoms with E-state index in [0.29, 0.717) is 18.2 Å². The highest BCUT2D eigenvalue weighted by molar-refractivity contribution is 6.32. The molecule has 0 bridgehead atoms. The fourth-order valence-electron chi connectivity index (χ4n) is 3.55. The lowest BCUT2D eigenvalue weighted by Crippen LogP contribution is -2.38. The van der Waals surface area contributed by atoms with E-state index in [1.54, 1.807) is 19.1 Å². The quantitative estimate of drug-likeness (QED) is 0.582. The number of para-hydroxylation sites is 1. The predicted molar refractivity (Wildman–Crippen MR) is 115 cm³/mol. The SMILES string of the molecule is CC1=CC2=NC(=O)/C(=C/c3cccn3CCCOc3c(C)cccc3C)C(=N)N2O1. The van der Waals surface area contributed by atoms with Gasteiger partial charge < -0.3 is 14.1 Å². The van der Waals surface area contributed by atoms with Gasteiger partial charge in [0.05, 0.1) is 12.2 Å². The number of carbonyl (C=O) groups is 1. The van der Waals surface area contributed by atoms with Gasteiger partial charge in [-0.3, -0.25) is 10.2 Å². The summed E-state index contributed by atoms with van der Waals surface area (Å²) in [4.78, 5) is 21.9. The second-order valence-electron chi connectivity index (χ2n) is 7.37. The first-order valence-corrected chi connectivity index (χ1v) is 9.88. The predicted octanol–water partition coefficient (Wildman–Crippen LogP) is 4.02. The number of aryl methyl sites for hydroxylation is 3. The minimum Gasteiger partial charge on any atom is -0.493 e. The summed E-state index contributed by atoms with van der Waals surface area (Å²) in [6, 6.07) is 9.95. The van der Waals surface area contributed by atoms with Crippen molar-refractivity contribution < 1.29 is 14.4 Å². The van der Waals surface area contributed by atoms with Crippen LogP contribution in [0.25, 0.3) is 6.08 Å². The summed E-state index contributed by atoms with van der Waals surface area (Å²) in [5.74, 6) is 1.44. The number of fused-ring (bicyclic) bond motifs is 1. The molecular weight excluding hydrogens is 380 g/mol. The van der Waals surface area contributed by atoms with Gasteiger partial charge in [-0.15, -0.1) is 5.06 Å². The Kier molecular flexibility index (Phi) is 5.27. The zero-order valence-corrected chi connectivity index (χ0v) is 17.3. The van der Waals surface area contributed by atoms with E-state index in [1.807, 2.05) is 54.9 Å². The van der Waals surface area contributed by atoms with E-state index in [0.717, 1.165) is 35.5 Å². The molecule has 0 fully saturated rings. The fraction of sp³-hybridized carbons (Fsp3) is 0.261. The number of nitrogens with zero attached hydrogens (tertiary/aromatic N) is 3. The van der Waals surface area contributed by atoms with Crippen molar-refractivity contribution in [2.24, 2.45) is 4.99 Å². The third-order valence-corrected chi connectivity index (χ3v) is 5.04. The first kappa shape index (κ1) is 19.7. The Morgan fingerprint density at radius 3 is 2.70 bits per heavy atom. The number of amides is 1. The molecule has 2 aromatic rings. The highest BCUT2D eigenvalue weighted by atomic mass is 16.7. The number of amidine groups is 2. The lowest BCUT2D eigenvalue weighted by Gasteiger charge is -2.23. The van der Waals surface area contributed by atoms with Crippen molar-refractivity contribution in [3.8, 4) is 5.75 Å². The number of rotatable bonds is 6. The van der Waals surface area contributed by atoms with Gasteiger partial charge in [0.15, 0.2) is 11.7 Å². The zero-order valence-electron chi connectivity index (χ0n) is 17.3. The number of ether oxygens (including phenoxy) is 1. The Hall–Kier alpha value is -3.61. The summed E-state index contributed by atoms with van der Waals surface area (Å²) in [7, 11) is 0. The molecule has 1 amide bonds. The maximum absolute atomic E-state index is 12.4. The topological polar surface area (TPSA) is 79.9 Å². The van der Waals surface area contributed by atoms with Crippen molar-refractivity contribution >= 4 is 23.7 Å². The number of nitrogens with one attached hydrogen (secondary N) is 1. The van der Waals surface area contributed by atoms with E-state index in [4.69, 9.17) is 15.0 Å². The molecule has 1 aromatic carbocycles. The van der Waals surface area contributed by atoms with Crippen molar-refractivity contribution in [1.29, 1.82) is 5.41 Å². The van der Waals surface area contributed by atoms with Crippen LogP contribution in [-0.4, -0.2) is 33.8 Å². The van der Waals surface area contributed by atoms with E-state index in [9.17, 15) is 4.79 Å². The third-order valence-electron chi connectivity index (χ3n) is 5.04. The van der Waals surface area contributed by atoms with E-state index >= 15 is 0 Å². The van der Waals surface area contributed by atoms with Gasteiger partial charge >= 0.3 is 0 Å². The number of carbonyl (C=O) groups excluding carboxylic acids is 1. The highest BCUT2D eigenvalue weighted by Crippen LogP contribution is 2.24. The van der Waals surface area contributed by atoms with Crippen molar-refractivity contribution in [1.82, 2.24) is 9.63 Å². The molecule has 0 spiro atoms. The summed E-state index contributed by atoms with van der Waals surface area (Å²) in [6.45, 7) is 7.17. The first-order valence-electron chi connectivity index (χ1n) is 9.88. The van der Waals surface area contributed by atoms with Crippen molar-refractivity contribution in [3.05, 3.63) is 70.8 Å². The molecule has 2 aliphatic heterocycles. The second kappa shape index (κ2) is 8.02. The van der Waals surface area contributed by atoms with Gasteiger partial charge in [-0.2, -0.15) is 4.99 Å². The van der Waals surface area contributed by atoms with Gasteiger partial charge in [-0.05, 0) is 56.5 Å². The molecule has 7 nitrogen and oxygen atoms in total. The van der Waals surface area contributed by atoms with Crippen LogP contribution in [0, 0.1) is 19.3 Å². The monoisotopic (exact) mass is 404 g/mol. The van der Waals surface area contributed by atoms with Crippen LogP contribution in [0.2, 0.25) is 0 Å². The standard InChI is InChI=1S/C23H24N4O3/c1-15-7-4-8-16(2)21(15)29-12-6-11-26-10-5-9-18(26)14-19-22(24)27-20(25-23(19)28)13-17(3)30-27/h4-5,7-10,13-14,24H,6,11-12H2,1-3H3/b19-14+,24-22?. The Bertz CT molecular complexity index is 1090. The highest BCUT2D eigenvalue weighted by Gasteiger charge is 2.34. The maximum Gasteiger partial charge on any atom is 0.283 e. The Morgan fingerprint density at radius 2 is 1.93 bits per heavy atom. The van der Waals surface area contributed by atoms with Crippen molar-refractivity contribution in [2.75, 3.05) is 6.61 Å². The van der Waals surface area contributed by atoms with Gasteiger partial charge in [0.1, 0.15) is 11.5 Å². The minimum atomic E-state index is -0.438. The smallest absolute Gasteiger partial charge is 0.283 e. The van der Waals surface area contributed by atoms with Gasteiger partial charge in [-0.25, -0.2) is 0 Å². The molecule has 7 heteroatoms. The molecule has 154 valence electrons. The van der Waals surface area contributed by atoms with E-state index in [-0.39, 0.29) is 11.4 Å². The Labute approximate surface area is 175 Å². The van der Waals surface area contributed by atoms with Crippen LogP contribution in [0.4, 0.5) is 0 Å². The maximum atomic E-state index is 12.4. The molecule has 0 radical (unpaired) electrons. The largest absolute Gasteiger partial charge is 0.493 e. The van der Waals surface area contributed by atoms with Crippen LogP contribution < -0.4 is 4.74 Å². The summed E-state index contributed by atoms with van der Waals surface area (Å²) >= 11 is 0. The summed E-state index contributed by atoms with van der Waals surface area (Å²) < 4.78 is 8.02. The second-order valence-corrected chi connectivity index (χ2v) is 7.37. The van der Waals surface area contributed by atoms with Crippen molar-refractivity contribution in [3.63, 3.8) is 0 Å². The molecule has 1 N–H and O–H groups in total. The fourth-order valence-corrected chi connectivity index (χ4v) is 3.55. The average molecular weight is 404 g/mol. The number of benzene rings is 1. The summed E-state index contributed by atoms with van der Waals surface area (Å²) in [6.07, 6.45) is 6.09. The van der Waals surface area contributed by atoms with E-state index in [1.165, 1.54) is 5.06 Å². The summed E-state index contributed by atoms with van der Waals surface area (Å²) in [5, 5.41) is 9.61. The van der Waals surface area contributed by atoms with Crippen LogP contribution in [0.3, 0.4) is 0 Å². The van der Waals surface area contributed by atoms with Crippen LogP contribution in [-0.2, 0) is 16.2 Å². The Balaban J connectivity index is 1.43. The molecule has 0 saturated heterocycles. The van der Waals surface area contributed by atoms with Crippen molar-refractivity contribution in [2.45, 2.75) is 33.7 Å². The minimum absolute atomic E-state index is 0.00999. The van der Waals surface area contributed by atoms with Gasteiger partial charge in [0.2, 0.25) is 0 Å². The van der Waals surface area contributed by atoms with Gasteiger partial charge in [-0.1, -0.05) is 18.2 Å². The molecule has 30 heavy (non-hydrogen) atoms. The van der Waals surface area contributed by atoms with Crippen LogP contribution in [0.5, 0.6) is 5.75 Å². The number of aromatic nitrogens is 1. The van der Waals surface area contributed by atoms with Gasteiger partial charge in [0.25, 0.3) is 5.91 Å². The van der Waals surface area contributed by atoms with Crippen LogP contribution >= 0.6 is 0 Å². The number of hydroxylamine groups is 2. The molecule has 4 rings (SSSR count). The molecule has 0 atom stereocenters. The first-order chi connectivity index (χ1) is 14.4. The molecule has 2 aliphatic rings. The van der Waals surface area contributed by atoms with Crippen LogP contribution in [0.1, 0.15) is 30.2 Å². The lowest BCUT2D eigenvalue weighted by atomic mass is 10.1. The number of aliphatic imine (C=N–C) groups is 1. The van der Waals surface area contributed by atoms with E-state index in [2.05, 4.69) is 4.99 Å². The summed E-state index contributed by atoms with van der Waals surface area (Å²) in [5.41, 5.74) is 3.29. The molecule has 0 saturated carbocycles. The number of allylic oxidation sites excluding steroid dienone is 1. The third kappa shape index (κ3) is 3.78. The molecule has 1 aromatic heterocycles. The van der Waals surface area contributed by atoms with Crippen LogP contribution in [0.15, 0.2) is 58.9 Å². The molecular formula is C23H24N4O3. The lowest BCUT2D eigenvalue weighted by molar-refractivity contribution is -0.114. The molecule has 3 heterocycles. The molecule has 0 unspecified atom stereocenters.